The third-order valence-electron chi connectivity index (χ3n) is 3.76. The SMILES string of the molecule is O=C(CC=CCC(=O)CC(=O)c1ccccc1)CC(=O)c1ccccc1. The molecule has 2 rings (SSSR count). The minimum atomic E-state index is -0.214. The first-order valence-corrected chi connectivity index (χ1v) is 8.41. The lowest BCUT2D eigenvalue weighted by Gasteiger charge is -1.99. The van der Waals surface area contributed by atoms with Crippen LogP contribution in [0.1, 0.15) is 46.4 Å². The predicted molar refractivity (Wildman–Crippen MR) is 99.2 cm³/mol. The molecule has 0 heterocycles. The number of ketones is 4. The van der Waals surface area contributed by atoms with Gasteiger partial charge in [0.15, 0.2) is 11.6 Å². The first-order valence-electron chi connectivity index (χ1n) is 8.41. The van der Waals surface area contributed by atoms with Crippen LogP contribution in [0.15, 0.2) is 72.8 Å². The van der Waals surface area contributed by atoms with Crippen LogP contribution in [-0.4, -0.2) is 23.1 Å². The van der Waals surface area contributed by atoms with Gasteiger partial charge in [-0.05, 0) is 0 Å². The topological polar surface area (TPSA) is 68.3 Å². The van der Waals surface area contributed by atoms with Gasteiger partial charge in [-0.2, -0.15) is 0 Å². The third-order valence-corrected chi connectivity index (χ3v) is 3.76. The third kappa shape index (κ3) is 6.40. The van der Waals surface area contributed by atoms with E-state index in [0.29, 0.717) is 11.1 Å². The predicted octanol–water partition coefficient (Wildman–Crippen LogP) is 4.01. The minimum absolute atomic E-state index is 0.0957. The second-order valence-electron chi connectivity index (χ2n) is 5.89. The molecule has 4 heteroatoms. The molecule has 2 aromatic rings. The smallest absolute Gasteiger partial charge is 0.170 e. The Bertz CT molecular complexity index is 735. The number of rotatable bonds is 10. The van der Waals surface area contributed by atoms with Gasteiger partial charge in [0.2, 0.25) is 0 Å². The van der Waals surface area contributed by atoms with E-state index >= 15 is 0 Å². The summed E-state index contributed by atoms with van der Waals surface area (Å²) in [6, 6.07) is 17.3. The second kappa shape index (κ2) is 9.99. The van der Waals surface area contributed by atoms with Crippen molar-refractivity contribution < 1.29 is 19.2 Å². The molecule has 0 atom stereocenters. The van der Waals surface area contributed by atoms with Crippen molar-refractivity contribution in [1.82, 2.24) is 0 Å². The molecule has 0 fully saturated rings. The van der Waals surface area contributed by atoms with Crippen LogP contribution in [0.4, 0.5) is 0 Å². The normalized spacial score (nSPS) is 10.6. The quantitative estimate of drug-likeness (QED) is 0.370. The zero-order valence-corrected chi connectivity index (χ0v) is 14.4. The first kappa shape index (κ1) is 19.2. The Morgan fingerprint density at radius 3 is 1.27 bits per heavy atom. The number of benzene rings is 2. The molecular formula is C22H20O4. The van der Waals surface area contributed by atoms with Gasteiger partial charge in [0, 0.05) is 24.0 Å². The van der Waals surface area contributed by atoms with Crippen molar-refractivity contribution in [2.24, 2.45) is 0 Å². The second-order valence-corrected chi connectivity index (χ2v) is 5.89. The Morgan fingerprint density at radius 1 is 0.577 bits per heavy atom. The van der Waals surface area contributed by atoms with Gasteiger partial charge in [0.05, 0.1) is 12.8 Å². The molecule has 132 valence electrons. The summed E-state index contributed by atoms with van der Waals surface area (Å²) in [6.07, 6.45) is 3.03. The summed E-state index contributed by atoms with van der Waals surface area (Å²) in [5, 5.41) is 0. The Morgan fingerprint density at radius 2 is 0.923 bits per heavy atom. The Labute approximate surface area is 152 Å². The maximum Gasteiger partial charge on any atom is 0.170 e. The lowest BCUT2D eigenvalue weighted by atomic mass is 10.0. The van der Waals surface area contributed by atoms with Crippen LogP contribution in [0.2, 0.25) is 0 Å². The van der Waals surface area contributed by atoms with Gasteiger partial charge in [-0.25, -0.2) is 0 Å². The summed E-state index contributed by atoms with van der Waals surface area (Å²) in [4.78, 5) is 47.5. The highest BCUT2D eigenvalue weighted by Crippen LogP contribution is 2.07. The van der Waals surface area contributed by atoms with E-state index < -0.39 is 0 Å². The van der Waals surface area contributed by atoms with E-state index in [1.807, 2.05) is 0 Å². The van der Waals surface area contributed by atoms with Crippen molar-refractivity contribution in [3.8, 4) is 0 Å². The van der Waals surface area contributed by atoms with Crippen LogP contribution < -0.4 is 0 Å². The molecule has 0 amide bonds. The van der Waals surface area contributed by atoms with Crippen molar-refractivity contribution in [2.45, 2.75) is 25.7 Å². The highest BCUT2D eigenvalue weighted by molar-refractivity contribution is 6.09. The average Bonchev–Trinajstić information content (AvgIpc) is 2.66. The summed E-state index contributed by atoms with van der Waals surface area (Å²) in [7, 11) is 0. The van der Waals surface area contributed by atoms with E-state index in [4.69, 9.17) is 0 Å². The molecule has 4 nitrogen and oxygen atoms in total. The molecule has 26 heavy (non-hydrogen) atoms. The maximum absolute atomic E-state index is 11.9. The molecule has 0 saturated heterocycles. The van der Waals surface area contributed by atoms with Crippen molar-refractivity contribution in [2.75, 3.05) is 0 Å². The average molecular weight is 348 g/mol. The van der Waals surface area contributed by atoms with E-state index in [-0.39, 0.29) is 48.8 Å². The molecule has 0 aliphatic carbocycles. The first-order chi connectivity index (χ1) is 12.6. The lowest BCUT2D eigenvalue weighted by Crippen LogP contribution is -2.08. The fraction of sp³-hybridized carbons (Fsp3) is 0.182. The number of hydrogen-bond donors (Lipinski definition) is 0. The molecule has 0 unspecified atom stereocenters. The van der Waals surface area contributed by atoms with Gasteiger partial charge in [-0.3, -0.25) is 19.2 Å². The highest BCUT2D eigenvalue weighted by atomic mass is 16.2. The molecule has 0 aliphatic rings. The van der Waals surface area contributed by atoms with Crippen LogP contribution in [0.5, 0.6) is 0 Å². The van der Waals surface area contributed by atoms with Gasteiger partial charge in [0.25, 0.3) is 0 Å². The van der Waals surface area contributed by atoms with Crippen LogP contribution in [0.3, 0.4) is 0 Å². The Balaban J connectivity index is 1.71. The highest BCUT2D eigenvalue weighted by Gasteiger charge is 2.11. The molecular weight excluding hydrogens is 328 g/mol. The number of Topliss-reactive ketones (excluding diaryl/α,β-unsaturated/α-hetero) is 4. The van der Waals surface area contributed by atoms with Gasteiger partial charge in [0.1, 0.15) is 11.6 Å². The number of hydrogen-bond acceptors (Lipinski definition) is 4. The van der Waals surface area contributed by atoms with Gasteiger partial charge in [-0.15, -0.1) is 0 Å². The molecule has 0 bridgehead atoms. The van der Waals surface area contributed by atoms with E-state index in [1.54, 1.807) is 72.8 Å². The fourth-order valence-corrected chi connectivity index (χ4v) is 2.38. The maximum atomic E-state index is 11.9. The molecule has 0 radical (unpaired) electrons. The molecule has 2 aromatic carbocycles. The van der Waals surface area contributed by atoms with Crippen LogP contribution in [0, 0.1) is 0 Å². The Kier molecular flexibility index (Phi) is 7.37. The van der Waals surface area contributed by atoms with E-state index in [9.17, 15) is 19.2 Å². The van der Waals surface area contributed by atoms with Crippen molar-refractivity contribution in [3.05, 3.63) is 83.9 Å². The molecule has 0 aromatic heterocycles. The van der Waals surface area contributed by atoms with Crippen molar-refractivity contribution >= 4 is 23.1 Å². The van der Waals surface area contributed by atoms with Crippen molar-refractivity contribution in [1.29, 1.82) is 0 Å². The zero-order chi connectivity index (χ0) is 18.8. The number of allylic oxidation sites excluding steroid dienone is 2. The van der Waals surface area contributed by atoms with E-state index in [0.717, 1.165) is 0 Å². The lowest BCUT2D eigenvalue weighted by molar-refractivity contribution is -0.118. The van der Waals surface area contributed by atoms with Gasteiger partial charge < -0.3 is 0 Å². The summed E-state index contributed by atoms with van der Waals surface area (Å²) >= 11 is 0. The van der Waals surface area contributed by atoms with Crippen LogP contribution >= 0.6 is 0 Å². The molecule has 0 N–H and O–H groups in total. The minimum Gasteiger partial charge on any atom is -0.299 e. The number of carbonyl (C=O) groups excluding carboxylic acids is 4. The van der Waals surface area contributed by atoms with Crippen LogP contribution in [0.25, 0.3) is 0 Å². The van der Waals surface area contributed by atoms with Gasteiger partial charge >= 0.3 is 0 Å². The summed E-state index contributed by atoms with van der Waals surface area (Å²) in [6.45, 7) is 0. The van der Waals surface area contributed by atoms with Crippen LogP contribution in [-0.2, 0) is 9.59 Å². The van der Waals surface area contributed by atoms with Gasteiger partial charge in [-0.1, -0.05) is 72.8 Å². The largest absolute Gasteiger partial charge is 0.299 e. The fourth-order valence-electron chi connectivity index (χ4n) is 2.38. The number of carbonyl (C=O) groups is 4. The van der Waals surface area contributed by atoms with E-state index in [2.05, 4.69) is 0 Å². The van der Waals surface area contributed by atoms with Crippen molar-refractivity contribution in [3.63, 3.8) is 0 Å². The summed E-state index contributed by atoms with van der Waals surface area (Å²) in [5.41, 5.74) is 1.03. The molecule has 0 spiro atoms. The summed E-state index contributed by atoms with van der Waals surface area (Å²) < 4.78 is 0. The Hall–Kier alpha value is -3.14. The molecule has 0 aliphatic heterocycles. The summed E-state index contributed by atoms with van der Waals surface area (Å²) in [5.74, 6) is -0.840. The van der Waals surface area contributed by atoms with E-state index in [1.165, 1.54) is 0 Å². The molecule has 0 saturated carbocycles. The monoisotopic (exact) mass is 348 g/mol. The standard InChI is InChI=1S/C22H20O4/c23-19(15-21(25)17-9-3-1-4-10-17)13-7-8-14-20(24)16-22(26)18-11-5-2-6-12-18/h1-12H,13-16H2. The zero-order valence-electron chi connectivity index (χ0n) is 14.4.